The van der Waals surface area contributed by atoms with Crippen molar-refractivity contribution < 1.29 is 0 Å². The van der Waals surface area contributed by atoms with Gasteiger partial charge in [-0.1, -0.05) is 19.9 Å². The molecule has 1 aliphatic rings. The van der Waals surface area contributed by atoms with Crippen LogP contribution in [0.3, 0.4) is 0 Å². The van der Waals surface area contributed by atoms with Crippen molar-refractivity contribution in [2.75, 3.05) is 0 Å². The fourth-order valence-corrected chi connectivity index (χ4v) is 2.74. The highest BCUT2D eigenvalue weighted by molar-refractivity contribution is 5.25. The molecule has 0 radical (unpaired) electrons. The van der Waals surface area contributed by atoms with Gasteiger partial charge in [-0.15, -0.1) is 0 Å². The summed E-state index contributed by atoms with van der Waals surface area (Å²) < 4.78 is 0. The van der Waals surface area contributed by atoms with Crippen LogP contribution in [0.2, 0.25) is 0 Å². The Balaban J connectivity index is 2.26. The van der Waals surface area contributed by atoms with Crippen molar-refractivity contribution in [3.8, 4) is 0 Å². The van der Waals surface area contributed by atoms with Crippen molar-refractivity contribution in [2.45, 2.75) is 45.6 Å². The zero-order chi connectivity index (χ0) is 11.8. The fraction of sp³-hybridized carbons (Fsp3) is 0.643. The molecule has 1 fully saturated rings. The molecule has 0 amide bonds. The van der Waals surface area contributed by atoms with Crippen LogP contribution in [0, 0.1) is 18.8 Å². The Bertz CT molecular complexity index is 375. The van der Waals surface area contributed by atoms with Gasteiger partial charge >= 0.3 is 0 Å². The first-order valence-corrected chi connectivity index (χ1v) is 6.22. The van der Waals surface area contributed by atoms with Crippen molar-refractivity contribution in [1.82, 2.24) is 4.98 Å². The van der Waals surface area contributed by atoms with Crippen LogP contribution in [0.5, 0.6) is 0 Å². The van der Waals surface area contributed by atoms with Crippen LogP contribution in [-0.4, -0.2) is 4.98 Å². The highest BCUT2D eigenvalue weighted by Crippen LogP contribution is 2.40. The van der Waals surface area contributed by atoms with E-state index in [0.29, 0.717) is 5.92 Å². The van der Waals surface area contributed by atoms with E-state index in [1.54, 1.807) is 0 Å². The van der Waals surface area contributed by atoms with Gasteiger partial charge in [-0.05, 0) is 49.1 Å². The Morgan fingerprint density at radius 2 is 2.06 bits per heavy atom. The normalized spacial score (nSPS) is 35.0. The van der Waals surface area contributed by atoms with Gasteiger partial charge in [0.15, 0.2) is 0 Å². The van der Waals surface area contributed by atoms with E-state index in [4.69, 9.17) is 5.73 Å². The second-order valence-corrected chi connectivity index (χ2v) is 5.60. The average molecular weight is 218 g/mol. The van der Waals surface area contributed by atoms with Crippen molar-refractivity contribution in [1.29, 1.82) is 0 Å². The van der Waals surface area contributed by atoms with E-state index in [0.717, 1.165) is 18.8 Å². The third-order valence-corrected chi connectivity index (χ3v) is 4.15. The largest absolute Gasteiger partial charge is 0.321 e. The standard InChI is InChI=1S/C14H22N2/c1-10-6-13(9-16-8-10)14(15)5-4-11(2)12(3)7-14/h6,8-9,11-12H,4-5,7,15H2,1-3H3. The van der Waals surface area contributed by atoms with E-state index < -0.39 is 0 Å². The van der Waals surface area contributed by atoms with Crippen molar-refractivity contribution in [3.63, 3.8) is 0 Å². The number of nitrogens with zero attached hydrogens (tertiary/aromatic N) is 1. The molecular weight excluding hydrogens is 196 g/mol. The van der Waals surface area contributed by atoms with Crippen LogP contribution in [0.25, 0.3) is 0 Å². The number of aryl methyl sites for hydroxylation is 1. The van der Waals surface area contributed by atoms with E-state index in [1.807, 2.05) is 12.4 Å². The summed E-state index contributed by atoms with van der Waals surface area (Å²) in [6.45, 7) is 6.72. The summed E-state index contributed by atoms with van der Waals surface area (Å²) in [5.74, 6) is 1.51. The number of pyridine rings is 1. The molecule has 2 rings (SSSR count). The summed E-state index contributed by atoms with van der Waals surface area (Å²) in [6, 6.07) is 2.19. The molecule has 1 aromatic heterocycles. The molecule has 0 aromatic carbocycles. The quantitative estimate of drug-likeness (QED) is 0.787. The molecule has 0 spiro atoms. The lowest BCUT2D eigenvalue weighted by molar-refractivity contribution is 0.176. The predicted molar refractivity (Wildman–Crippen MR) is 67.0 cm³/mol. The van der Waals surface area contributed by atoms with E-state index in [2.05, 4.69) is 31.8 Å². The second kappa shape index (κ2) is 4.17. The lowest BCUT2D eigenvalue weighted by Crippen LogP contribution is -2.43. The van der Waals surface area contributed by atoms with E-state index in [1.165, 1.54) is 17.5 Å². The Kier molecular flexibility index (Phi) is 3.02. The molecule has 88 valence electrons. The van der Waals surface area contributed by atoms with Gasteiger partial charge < -0.3 is 5.73 Å². The number of hydrogen-bond donors (Lipinski definition) is 1. The van der Waals surface area contributed by atoms with Crippen LogP contribution >= 0.6 is 0 Å². The highest BCUT2D eigenvalue weighted by Gasteiger charge is 2.35. The van der Waals surface area contributed by atoms with Crippen molar-refractivity contribution >= 4 is 0 Å². The third kappa shape index (κ3) is 2.12. The first-order chi connectivity index (χ1) is 7.51. The summed E-state index contributed by atoms with van der Waals surface area (Å²) >= 11 is 0. The zero-order valence-corrected chi connectivity index (χ0v) is 10.5. The van der Waals surface area contributed by atoms with Gasteiger partial charge in [0.2, 0.25) is 0 Å². The molecule has 1 aromatic rings. The molecule has 0 bridgehead atoms. The summed E-state index contributed by atoms with van der Waals surface area (Å²) in [5.41, 5.74) is 8.83. The first kappa shape index (κ1) is 11.6. The van der Waals surface area contributed by atoms with Crippen LogP contribution < -0.4 is 5.73 Å². The minimum absolute atomic E-state index is 0.148. The SMILES string of the molecule is Cc1cncc(C2(N)CCC(C)C(C)C2)c1. The molecule has 2 nitrogen and oxygen atoms in total. The zero-order valence-electron chi connectivity index (χ0n) is 10.5. The minimum atomic E-state index is -0.148. The highest BCUT2D eigenvalue weighted by atomic mass is 14.8. The summed E-state index contributed by atoms with van der Waals surface area (Å²) in [4.78, 5) is 4.27. The van der Waals surface area contributed by atoms with Crippen LogP contribution in [0.1, 0.15) is 44.2 Å². The minimum Gasteiger partial charge on any atom is -0.321 e. The second-order valence-electron chi connectivity index (χ2n) is 5.60. The van der Waals surface area contributed by atoms with Crippen LogP contribution in [-0.2, 0) is 5.54 Å². The number of hydrogen-bond acceptors (Lipinski definition) is 2. The van der Waals surface area contributed by atoms with E-state index in [9.17, 15) is 0 Å². The predicted octanol–water partition coefficient (Wildman–Crippen LogP) is 3.00. The Morgan fingerprint density at radius 1 is 1.31 bits per heavy atom. The van der Waals surface area contributed by atoms with Gasteiger partial charge in [0.1, 0.15) is 0 Å². The molecule has 1 heterocycles. The van der Waals surface area contributed by atoms with Crippen molar-refractivity contribution in [3.05, 3.63) is 29.6 Å². The molecule has 0 aliphatic heterocycles. The number of nitrogens with two attached hydrogens (primary N) is 1. The average Bonchev–Trinajstić information content (AvgIpc) is 2.24. The maximum Gasteiger partial charge on any atom is 0.0427 e. The van der Waals surface area contributed by atoms with Gasteiger partial charge in [0.25, 0.3) is 0 Å². The smallest absolute Gasteiger partial charge is 0.0427 e. The van der Waals surface area contributed by atoms with Crippen LogP contribution in [0.15, 0.2) is 18.5 Å². The van der Waals surface area contributed by atoms with Crippen molar-refractivity contribution in [2.24, 2.45) is 17.6 Å². The molecular formula is C14H22N2. The van der Waals surface area contributed by atoms with Gasteiger partial charge in [-0.2, -0.15) is 0 Å². The lowest BCUT2D eigenvalue weighted by Gasteiger charge is -2.40. The molecule has 0 saturated heterocycles. The number of rotatable bonds is 1. The molecule has 16 heavy (non-hydrogen) atoms. The third-order valence-electron chi connectivity index (χ3n) is 4.15. The topological polar surface area (TPSA) is 38.9 Å². The molecule has 1 aliphatic carbocycles. The van der Waals surface area contributed by atoms with Gasteiger partial charge in [-0.25, -0.2) is 0 Å². The van der Waals surface area contributed by atoms with E-state index in [-0.39, 0.29) is 5.54 Å². The number of aromatic nitrogens is 1. The molecule has 3 unspecified atom stereocenters. The Morgan fingerprint density at radius 3 is 2.69 bits per heavy atom. The maximum absolute atomic E-state index is 6.56. The Labute approximate surface area is 98.3 Å². The summed E-state index contributed by atoms with van der Waals surface area (Å²) in [5, 5.41) is 0. The molecule has 2 N–H and O–H groups in total. The van der Waals surface area contributed by atoms with Gasteiger partial charge in [0.05, 0.1) is 0 Å². The van der Waals surface area contributed by atoms with Gasteiger partial charge in [-0.3, -0.25) is 4.98 Å². The monoisotopic (exact) mass is 218 g/mol. The van der Waals surface area contributed by atoms with E-state index >= 15 is 0 Å². The van der Waals surface area contributed by atoms with Crippen LogP contribution in [0.4, 0.5) is 0 Å². The molecule has 2 heteroatoms. The van der Waals surface area contributed by atoms with Gasteiger partial charge in [0, 0.05) is 17.9 Å². The fourth-order valence-electron chi connectivity index (χ4n) is 2.74. The summed E-state index contributed by atoms with van der Waals surface area (Å²) in [6.07, 6.45) is 7.23. The maximum atomic E-state index is 6.56. The molecule has 1 saturated carbocycles. The first-order valence-electron chi connectivity index (χ1n) is 6.22. The lowest BCUT2D eigenvalue weighted by atomic mass is 9.69. The Hall–Kier alpha value is -0.890. The molecule has 3 atom stereocenters. The summed E-state index contributed by atoms with van der Waals surface area (Å²) in [7, 11) is 0.